The molecule has 2 aromatic carbocycles. The zero-order valence-corrected chi connectivity index (χ0v) is 17.1. The minimum atomic E-state index is -2.91. The van der Waals surface area contributed by atoms with Crippen LogP contribution in [0.5, 0.6) is 0 Å². The van der Waals surface area contributed by atoms with Gasteiger partial charge < -0.3 is 9.34 Å². The standard InChI is InChI=1S/C22H29N2OP/c1-5-21(18-22(2,3)4)26(25)23(19-12-8-6-9-13-19)16-17-24(26)20-14-10-7-11-15-20/h6-15,18H,5,16-17H2,1-4H3/b21-18+. The van der Waals surface area contributed by atoms with Gasteiger partial charge in [0.15, 0.2) is 0 Å². The van der Waals surface area contributed by atoms with Gasteiger partial charge in [-0.05, 0) is 36.1 Å². The highest BCUT2D eigenvalue weighted by Gasteiger charge is 2.45. The number of nitrogens with zero attached hydrogens (tertiary/aromatic N) is 2. The van der Waals surface area contributed by atoms with Crippen molar-refractivity contribution in [2.45, 2.75) is 34.1 Å². The molecule has 0 saturated carbocycles. The van der Waals surface area contributed by atoms with Crippen molar-refractivity contribution in [3.63, 3.8) is 0 Å². The van der Waals surface area contributed by atoms with E-state index in [1.165, 1.54) is 0 Å². The van der Waals surface area contributed by atoms with Crippen LogP contribution in [0.25, 0.3) is 0 Å². The molecule has 0 amide bonds. The van der Waals surface area contributed by atoms with Crippen LogP contribution < -0.4 is 9.34 Å². The second-order valence-electron chi connectivity index (χ2n) is 7.82. The third kappa shape index (κ3) is 3.59. The van der Waals surface area contributed by atoms with Gasteiger partial charge in [0.05, 0.1) is 0 Å². The lowest BCUT2D eigenvalue weighted by Crippen LogP contribution is -2.21. The number of rotatable bonds is 4. The van der Waals surface area contributed by atoms with Crippen LogP contribution in [0.1, 0.15) is 34.1 Å². The molecule has 0 bridgehead atoms. The second-order valence-corrected chi connectivity index (χ2v) is 10.4. The first-order valence-corrected chi connectivity index (χ1v) is 11.0. The summed E-state index contributed by atoms with van der Waals surface area (Å²) >= 11 is 0. The zero-order chi connectivity index (χ0) is 18.8. The molecule has 2 aromatic rings. The summed E-state index contributed by atoms with van der Waals surface area (Å²) in [5.41, 5.74) is 2.04. The smallest absolute Gasteiger partial charge is 0.288 e. The maximum atomic E-state index is 14.7. The Hall–Kier alpha value is -1.99. The van der Waals surface area contributed by atoms with Crippen molar-refractivity contribution in [2.24, 2.45) is 5.41 Å². The van der Waals surface area contributed by atoms with E-state index in [-0.39, 0.29) is 5.41 Å². The Morgan fingerprint density at radius 3 is 1.69 bits per heavy atom. The Bertz CT molecular complexity index is 758. The van der Waals surface area contributed by atoms with Gasteiger partial charge in [0.25, 0.3) is 7.44 Å². The van der Waals surface area contributed by atoms with Crippen molar-refractivity contribution < 1.29 is 4.57 Å². The fourth-order valence-corrected chi connectivity index (χ4v) is 7.03. The monoisotopic (exact) mass is 368 g/mol. The van der Waals surface area contributed by atoms with Crippen molar-refractivity contribution >= 4 is 18.8 Å². The number of allylic oxidation sites excluding steroid dienone is 2. The van der Waals surface area contributed by atoms with E-state index in [0.717, 1.165) is 36.2 Å². The van der Waals surface area contributed by atoms with E-state index in [1.54, 1.807) is 0 Å². The fraction of sp³-hybridized carbons (Fsp3) is 0.364. The molecule has 4 heteroatoms. The normalized spacial score (nSPS) is 17.6. The third-order valence-corrected chi connectivity index (χ3v) is 7.99. The number of hydrogen-bond acceptors (Lipinski definition) is 1. The summed E-state index contributed by atoms with van der Waals surface area (Å²) < 4.78 is 18.9. The highest BCUT2D eigenvalue weighted by Crippen LogP contribution is 2.66. The molecule has 0 atom stereocenters. The Morgan fingerprint density at radius 2 is 1.35 bits per heavy atom. The molecule has 138 valence electrons. The van der Waals surface area contributed by atoms with Crippen LogP contribution in [0.4, 0.5) is 11.4 Å². The van der Waals surface area contributed by atoms with Crippen molar-refractivity contribution in [2.75, 3.05) is 22.4 Å². The summed E-state index contributed by atoms with van der Waals surface area (Å²) in [6, 6.07) is 20.3. The van der Waals surface area contributed by atoms with Gasteiger partial charge in [0.1, 0.15) is 0 Å². The molecule has 3 nitrogen and oxygen atoms in total. The van der Waals surface area contributed by atoms with Gasteiger partial charge in [-0.2, -0.15) is 0 Å². The first kappa shape index (κ1) is 18.8. The van der Waals surface area contributed by atoms with Crippen molar-refractivity contribution in [1.29, 1.82) is 0 Å². The van der Waals surface area contributed by atoms with Crippen LogP contribution in [-0.4, -0.2) is 13.1 Å². The summed E-state index contributed by atoms with van der Waals surface area (Å²) in [7, 11) is -2.91. The first-order chi connectivity index (χ1) is 12.4. The maximum Gasteiger partial charge on any atom is 0.288 e. The molecule has 0 unspecified atom stereocenters. The summed E-state index contributed by atoms with van der Waals surface area (Å²) in [4.78, 5) is 0. The number of para-hydroxylation sites is 2. The SMILES string of the molecule is CC/C(=C\C(C)(C)C)P1(=O)N(c2ccccc2)CCN1c1ccccc1. The Morgan fingerprint density at radius 1 is 0.923 bits per heavy atom. The molecule has 1 aliphatic rings. The van der Waals surface area contributed by atoms with E-state index in [0.29, 0.717) is 0 Å². The summed E-state index contributed by atoms with van der Waals surface area (Å²) in [6.07, 6.45) is 2.99. The summed E-state index contributed by atoms with van der Waals surface area (Å²) in [5, 5.41) is 1.04. The van der Waals surface area contributed by atoms with Crippen LogP contribution >= 0.6 is 7.44 Å². The van der Waals surface area contributed by atoms with Gasteiger partial charge in [-0.1, -0.05) is 70.2 Å². The van der Waals surface area contributed by atoms with Crippen LogP contribution in [-0.2, 0) is 4.57 Å². The van der Waals surface area contributed by atoms with Gasteiger partial charge in [-0.3, -0.25) is 4.57 Å². The topological polar surface area (TPSA) is 23.6 Å². The fourth-order valence-electron chi connectivity index (χ4n) is 3.56. The Kier molecular flexibility index (Phi) is 5.29. The van der Waals surface area contributed by atoms with Crippen LogP contribution in [0.2, 0.25) is 0 Å². The second kappa shape index (κ2) is 7.32. The van der Waals surface area contributed by atoms with E-state index in [2.05, 4.69) is 67.4 Å². The predicted octanol–water partition coefficient (Wildman–Crippen LogP) is 6.55. The van der Waals surface area contributed by atoms with Crippen molar-refractivity contribution in [1.82, 2.24) is 0 Å². The maximum absolute atomic E-state index is 14.7. The summed E-state index contributed by atoms with van der Waals surface area (Å²) in [5.74, 6) is 0. The van der Waals surface area contributed by atoms with Gasteiger partial charge in [-0.25, -0.2) is 0 Å². The Balaban J connectivity index is 2.16. The molecule has 1 fully saturated rings. The third-order valence-electron chi connectivity index (χ3n) is 4.62. The number of hydrogen-bond donors (Lipinski definition) is 0. The van der Waals surface area contributed by atoms with Gasteiger partial charge >= 0.3 is 0 Å². The van der Waals surface area contributed by atoms with E-state index < -0.39 is 7.44 Å². The molecule has 1 heterocycles. The molecule has 0 N–H and O–H groups in total. The predicted molar refractivity (Wildman–Crippen MR) is 113 cm³/mol. The van der Waals surface area contributed by atoms with Crippen molar-refractivity contribution in [3.8, 4) is 0 Å². The molecule has 26 heavy (non-hydrogen) atoms. The Labute approximate surface area is 157 Å². The molecule has 3 rings (SSSR count). The molecule has 1 saturated heterocycles. The lowest BCUT2D eigenvalue weighted by Gasteiger charge is -2.35. The molecular formula is C22H29N2OP. The molecule has 0 aromatic heterocycles. The van der Waals surface area contributed by atoms with Crippen molar-refractivity contribution in [3.05, 3.63) is 72.1 Å². The lowest BCUT2D eigenvalue weighted by atomic mass is 9.96. The number of anilines is 2. The minimum Gasteiger partial charge on any atom is -0.302 e. The van der Waals surface area contributed by atoms with Crippen LogP contribution in [0.3, 0.4) is 0 Å². The minimum absolute atomic E-state index is 0.0178. The molecular weight excluding hydrogens is 339 g/mol. The van der Waals surface area contributed by atoms with Gasteiger partial charge in [-0.15, -0.1) is 0 Å². The average molecular weight is 368 g/mol. The van der Waals surface area contributed by atoms with Crippen LogP contribution in [0.15, 0.2) is 72.1 Å². The van der Waals surface area contributed by atoms with E-state index in [1.807, 2.05) is 36.4 Å². The van der Waals surface area contributed by atoms with E-state index in [4.69, 9.17) is 0 Å². The van der Waals surface area contributed by atoms with Gasteiger partial charge in [0.2, 0.25) is 0 Å². The van der Waals surface area contributed by atoms with Gasteiger partial charge in [0, 0.05) is 29.8 Å². The first-order valence-electron chi connectivity index (χ1n) is 9.35. The molecule has 1 aliphatic heterocycles. The quantitative estimate of drug-likeness (QED) is 0.572. The zero-order valence-electron chi connectivity index (χ0n) is 16.2. The average Bonchev–Trinajstić information content (AvgIpc) is 2.98. The number of benzene rings is 2. The molecule has 0 radical (unpaired) electrons. The highest BCUT2D eigenvalue weighted by molar-refractivity contribution is 7.71. The van der Waals surface area contributed by atoms with Crippen LogP contribution in [0, 0.1) is 5.41 Å². The molecule has 0 spiro atoms. The highest BCUT2D eigenvalue weighted by atomic mass is 31.2. The lowest BCUT2D eigenvalue weighted by molar-refractivity contribution is 0.537. The molecule has 0 aliphatic carbocycles. The van der Waals surface area contributed by atoms with E-state index >= 15 is 0 Å². The van der Waals surface area contributed by atoms with E-state index in [9.17, 15) is 4.57 Å². The largest absolute Gasteiger partial charge is 0.302 e. The summed E-state index contributed by atoms with van der Waals surface area (Å²) in [6.45, 7) is 10.1.